The molecule has 3 rings (SSSR count). The molecule has 1 aliphatic heterocycles. The van der Waals surface area contributed by atoms with Gasteiger partial charge >= 0.3 is 0 Å². The smallest absolute Gasteiger partial charge is 0.224 e. The first-order chi connectivity index (χ1) is 13.1. The number of nitrogens with one attached hydrogen (secondary N) is 1. The fourth-order valence-electron chi connectivity index (χ4n) is 3.42. The largest absolute Gasteiger partial charge is 0.493 e. The van der Waals surface area contributed by atoms with Crippen molar-refractivity contribution in [3.63, 3.8) is 0 Å². The van der Waals surface area contributed by atoms with Crippen LogP contribution in [0.15, 0.2) is 36.4 Å². The Labute approximate surface area is 161 Å². The Morgan fingerprint density at radius 2 is 1.74 bits per heavy atom. The van der Waals surface area contributed by atoms with Crippen LogP contribution in [0, 0.1) is 0 Å². The molecule has 144 valence electrons. The van der Waals surface area contributed by atoms with E-state index in [-0.39, 0.29) is 5.91 Å². The number of carbonyl (C=O) groups is 1. The van der Waals surface area contributed by atoms with Crippen LogP contribution < -0.4 is 19.7 Å². The molecule has 0 radical (unpaired) electrons. The molecule has 1 N–H and O–H groups in total. The van der Waals surface area contributed by atoms with Crippen molar-refractivity contribution in [2.24, 2.45) is 0 Å². The highest BCUT2D eigenvalue weighted by molar-refractivity contribution is 5.90. The van der Waals surface area contributed by atoms with Crippen LogP contribution in [0.25, 0.3) is 0 Å². The minimum atomic E-state index is 0.0811. The van der Waals surface area contributed by atoms with Gasteiger partial charge < -0.3 is 19.7 Å². The van der Waals surface area contributed by atoms with Crippen molar-refractivity contribution in [1.29, 1.82) is 0 Å². The summed E-state index contributed by atoms with van der Waals surface area (Å²) in [5, 5.41) is 2.96. The maximum absolute atomic E-state index is 11.9. The monoisotopic (exact) mass is 368 g/mol. The lowest BCUT2D eigenvalue weighted by Gasteiger charge is -2.31. The number of benzene rings is 2. The molecule has 5 nitrogen and oxygen atoms in total. The number of ether oxygens (including phenoxy) is 2. The van der Waals surface area contributed by atoms with Gasteiger partial charge in [0.25, 0.3) is 0 Å². The predicted octanol–water partition coefficient (Wildman–Crippen LogP) is 4.40. The van der Waals surface area contributed by atoms with Crippen LogP contribution in [-0.2, 0) is 17.8 Å². The highest BCUT2D eigenvalue weighted by atomic mass is 16.5. The van der Waals surface area contributed by atoms with Crippen LogP contribution in [0.2, 0.25) is 0 Å². The summed E-state index contributed by atoms with van der Waals surface area (Å²) < 4.78 is 10.9. The highest BCUT2D eigenvalue weighted by Gasteiger charge is 2.19. The summed E-state index contributed by atoms with van der Waals surface area (Å²) in [6.45, 7) is 3.87. The van der Waals surface area contributed by atoms with Gasteiger partial charge in [0, 0.05) is 30.9 Å². The molecule has 0 unspecified atom stereocenters. The fraction of sp³-hybridized carbons (Fsp3) is 0.409. The van der Waals surface area contributed by atoms with E-state index in [1.54, 1.807) is 14.2 Å². The Morgan fingerprint density at radius 3 is 2.37 bits per heavy atom. The molecule has 1 heterocycles. The van der Waals surface area contributed by atoms with E-state index in [0.29, 0.717) is 6.42 Å². The molecule has 0 spiro atoms. The average molecular weight is 368 g/mol. The molecule has 0 atom stereocenters. The number of carbonyl (C=O) groups excluding carboxylic acids is 1. The maximum atomic E-state index is 11.9. The van der Waals surface area contributed by atoms with E-state index in [9.17, 15) is 4.79 Å². The predicted molar refractivity (Wildman–Crippen MR) is 109 cm³/mol. The van der Waals surface area contributed by atoms with Gasteiger partial charge in [-0.2, -0.15) is 0 Å². The number of nitrogens with zero attached hydrogens (tertiary/aromatic N) is 1. The Kier molecular flexibility index (Phi) is 6.22. The molecule has 0 bridgehead atoms. The summed E-state index contributed by atoms with van der Waals surface area (Å²) in [5.74, 6) is 1.63. The van der Waals surface area contributed by atoms with Gasteiger partial charge in [0.05, 0.1) is 14.2 Å². The van der Waals surface area contributed by atoms with Crippen molar-refractivity contribution >= 4 is 17.3 Å². The third-order valence-corrected chi connectivity index (χ3v) is 4.99. The molecule has 0 fully saturated rings. The van der Waals surface area contributed by atoms with Crippen LogP contribution in [0.5, 0.6) is 11.5 Å². The van der Waals surface area contributed by atoms with E-state index in [1.807, 2.05) is 12.1 Å². The van der Waals surface area contributed by atoms with Gasteiger partial charge in [-0.05, 0) is 60.4 Å². The van der Waals surface area contributed by atoms with E-state index < -0.39 is 0 Å². The second kappa shape index (κ2) is 8.80. The molecular weight excluding hydrogens is 340 g/mol. The van der Waals surface area contributed by atoms with E-state index in [2.05, 4.69) is 41.4 Å². The first-order valence-electron chi connectivity index (χ1n) is 9.53. The Bertz CT molecular complexity index is 787. The van der Waals surface area contributed by atoms with Crippen molar-refractivity contribution in [2.75, 3.05) is 31.0 Å². The number of unbranched alkanes of at least 4 members (excludes halogenated alkanes) is 1. The summed E-state index contributed by atoms with van der Waals surface area (Å²) in [6.07, 6.45) is 3.49. The number of methoxy groups -OCH3 is 2. The lowest BCUT2D eigenvalue weighted by molar-refractivity contribution is -0.116. The topological polar surface area (TPSA) is 50.8 Å². The third kappa shape index (κ3) is 4.54. The Morgan fingerprint density at radius 1 is 1.07 bits per heavy atom. The number of hydrogen-bond acceptors (Lipinski definition) is 4. The number of fused-ring (bicyclic) bond motifs is 1. The summed E-state index contributed by atoms with van der Waals surface area (Å²) in [5.41, 5.74) is 4.57. The van der Waals surface area contributed by atoms with Crippen molar-refractivity contribution in [3.05, 3.63) is 47.5 Å². The van der Waals surface area contributed by atoms with Gasteiger partial charge in [0.2, 0.25) is 5.91 Å². The van der Waals surface area contributed by atoms with Crippen molar-refractivity contribution in [3.8, 4) is 11.5 Å². The van der Waals surface area contributed by atoms with Gasteiger partial charge in [0.15, 0.2) is 11.5 Å². The summed E-state index contributed by atoms with van der Waals surface area (Å²) >= 11 is 0. The SMILES string of the molecule is CCCCC(=O)Nc1ccc(N2CCc3cc(OC)c(OC)cc3C2)cc1. The molecule has 0 aliphatic carbocycles. The quantitative estimate of drug-likeness (QED) is 0.787. The van der Waals surface area contributed by atoms with E-state index in [1.165, 1.54) is 11.1 Å². The lowest BCUT2D eigenvalue weighted by Crippen LogP contribution is -2.30. The van der Waals surface area contributed by atoms with Crippen LogP contribution in [-0.4, -0.2) is 26.7 Å². The molecular formula is C22H28N2O3. The molecule has 27 heavy (non-hydrogen) atoms. The van der Waals surface area contributed by atoms with Crippen LogP contribution >= 0.6 is 0 Å². The second-order valence-corrected chi connectivity index (χ2v) is 6.85. The minimum Gasteiger partial charge on any atom is -0.493 e. The zero-order chi connectivity index (χ0) is 19.2. The number of amides is 1. The molecule has 2 aromatic carbocycles. The third-order valence-electron chi connectivity index (χ3n) is 4.99. The lowest BCUT2D eigenvalue weighted by atomic mass is 9.98. The Balaban J connectivity index is 1.69. The Hall–Kier alpha value is -2.69. The molecule has 0 saturated carbocycles. The molecule has 1 aliphatic rings. The van der Waals surface area contributed by atoms with Crippen LogP contribution in [0.4, 0.5) is 11.4 Å². The summed E-state index contributed by atoms with van der Waals surface area (Å²) in [6, 6.07) is 12.2. The first-order valence-corrected chi connectivity index (χ1v) is 9.53. The maximum Gasteiger partial charge on any atom is 0.224 e. The normalized spacial score (nSPS) is 13.1. The fourth-order valence-corrected chi connectivity index (χ4v) is 3.42. The van der Waals surface area contributed by atoms with E-state index in [0.717, 1.165) is 55.2 Å². The molecule has 0 saturated heterocycles. The number of hydrogen-bond donors (Lipinski definition) is 1. The first kappa shape index (κ1) is 19.1. The van der Waals surface area contributed by atoms with Gasteiger partial charge in [-0.15, -0.1) is 0 Å². The minimum absolute atomic E-state index is 0.0811. The molecule has 5 heteroatoms. The van der Waals surface area contributed by atoms with E-state index >= 15 is 0 Å². The van der Waals surface area contributed by atoms with Gasteiger partial charge in [-0.3, -0.25) is 4.79 Å². The number of rotatable bonds is 7. The van der Waals surface area contributed by atoms with Crippen LogP contribution in [0.1, 0.15) is 37.3 Å². The summed E-state index contributed by atoms with van der Waals surface area (Å²) in [4.78, 5) is 14.2. The molecule has 2 aromatic rings. The van der Waals surface area contributed by atoms with Crippen molar-refractivity contribution in [1.82, 2.24) is 0 Å². The zero-order valence-corrected chi connectivity index (χ0v) is 16.4. The number of anilines is 2. The second-order valence-electron chi connectivity index (χ2n) is 6.85. The van der Waals surface area contributed by atoms with Crippen LogP contribution in [0.3, 0.4) is 0 Å². The molecule has 1 amide bonds. The van der Waals surface area contributed by atoms with Gasteiger partial charge in [0.1, 0.15) is 0 Å². The van der Waals surface area contributed by atoms with Crippen molar-refractivity contribution < 1.29 is 14.3 Å². The average Bonchev–Trinajstić information content (AvgIpc) is 2.71. The molecule has 0 aromatic heterocycles. The zero-order valence-electron chi connectivity index (χ0n) is 16.4. The highest BCUT2D eigenvalue weighted by Crippen LogP contribution is 2.34. The standard InChI is InChI=1S/C22H28N2O3/c1-4-5-6-22(25)23-18-7-9-19(10-8-18)24-12-11-16-13-20(26-2)21(27-3)14-17(16)15-24/h7-10,13-14H,4-6,11-12,15H2,1-3H3,(H,23,25). The van der Waals surface area contributed by atoms with E-state index in [4.69, 9.17) is 9.47 Å². The van der Waals surface area contributed by atoms with Crippen molar-refractivity contribution in [2.45, 2.75) is 39.2 Å². The summed E-state index contributed by atoms with van der Waals surface area (Å²) in [7, 11) is 3.33. The van der Waals surface area contributed by atoms with Gasteiger partial charge in [-0.25, -0.2) is 0 Å². The van der Waals surface area contributed by atoms with Gasteiger partial charge in [-0.1, -0.05) is 13.3 Å².